The zero-order valence-corrected chi connectivity index (χ0v) is 22.8. The Morgan fingerprint density at radius 2 is 0.588 bits per heavy atom. The average molecular weight is 523 g/mol. The molecule has 0 N–H and O–H groups in total. The summed E-state index contributed by atoms with van der Waals surface area (Å²) in [5.41, 5.74) is 0. The Bertz CT molecular complexity index is 342. The maximum absolute atomic E-state index is 11.7. The van der Waals surface area contributed by atoms with E-state index in [0.29, 0.717) is 13.2 Å². The summed E-state index contributed by atoms with van der Waals surface area (Å²) < 4.78 is 22.3. The monoisotopic (exact) mass is 522 g/mol. The van der Waals surface area contributed by atoms with Crippen molar-refractivity contribution in [1.29, 1.82) is 0 Å². The molecule has 6 heteroatoms. The number of rotatable bonds is 28. The molecule has 0 aliphatic carbocycles. The summed E-state index contributed by atoms with van der Waals surface area (Å²) in [6.07, 6.45) is 31.8. The molecule has 0 saturated heterocycles. The first-order chi connectivity index (χ1) is 15.8. The van der Waals surface area contributed by atoms with Crippen LogP contribution in [-0.4, -0.2) is 76.5 Å². The predicted molar refractivity (Wildman–Crippen MR) is 157 cm³/mol. The van der Waals surface area contributed by atoms with Gasteiger partial charge in [-0.2, -0.15) is 4.21 Å². The Labute approximate surface area is 261 Å². The van der Waals surface area contributed by atoms with Gasteiger partial charge in [0, 0.05) is 0 Å². The van der Waals surface area contributed by atoms with Crippen LogP contribution in [0.15, 0.2) is 0 Å². The molecule has 0 aliphatic rings. The van der Waals surface area contributed by atoms with Gasteiger partial charge in [-0.1, -0.05) is 155 Å². The van der Waals surface area contributed by atoms with Crippen LogP contribution in [0.2, 0.25) is 0 Å². The van der Waals surface area contributed by atoms with E-state index in [1.165, 1.54) is 141 Å². The molecule has 0 aromatic rings. The first kappa shape index (κ1) is 40.6. The predicted octanol–water partition coefficient (Wildman–Crippen LogP) is 8.70. The fourth-order valence-electron chi connectivity index (χ4n) is 4.17. The zero-order valence-electron chi connectivity index (χ0n) is 22.0. The van der Waals surface area contributed by atoms with Crippen LogP contribution < -0.4 is 0 Å². The Kier molecular flexibility index (Phi) is 44.4. The van der Waals surface area contributed by atoms with Crippen LogP contribution in [0.4, 0.5) is 0 Å². The third kappa shape index (κ3) is 36.2. The fraction of sp³-hybridized carbons (Fsp3) is 1.00. The molecule has 0 rings (SSSR count). The van der Waals surface area contributed by atoms with Crippen LogP contribution >= 0.6 is 0 Å². The van der Waals surface area contributed by atoms with E-state index in [-0.39, 0.29) is 59.1 Å². The molecule has 0 radical (unpaired) electrons. The minimum absolute atomic E-state index is 0. The van der Waals surface area contributed by atoms with Gasteiger partial charge in [0.25, 0.3) is 0 Å². The normalized spacial score (nSPS) is 10.9. The van der Waals surface area contributed by atoms with E-state index in [4.69, 9.17) is 8.37 Å². The van der Waals surface area contributed by atoms with Crippen molar-refractivity contribution in [3.63, 3.8) is 0 Å². The van der Waals surface area contributed by atoms with Gasteiger partial charge >= 0.3 is 70.5 Å². The third-order valence-corrected chi connectivity index (χ3v) is 7.07. The number of unbranched alkanes of at least 4 members (excludes halogenated alkanes) is 22. The van der Waals surface area contributed by atoms with Gasteiger partial charge in [0.15, 0.2) is 0 Å². The fourth-order valence-corrected chi connectivity index (χ4v) is 4.75. The molecule has 0 aromatic carbocycles. The molecule has 0 atom stereocenters. The SMILES string of the molecule is CCCCCCCCCCCCCCOS(=O)OCCCCCCCCCCCCCC.[NaH].[NaH]. The van der Waals surface area contributed by atoms with Gasteiger partial charge in [0.05, 0.1) is 13.2 Å². The van der Waals surface area contributed by atoms with E-state index in [2.05, 4.69) is 13.8 Å². The van der Waals surface area contributed by atoms with E-state index < -0.39 is 11.4 Å². The summed E-state index contributed by atoms with van der Waals surface area (Å²) in [5, 5.41) is 0. The molecule has 0 unspecified atom stereocenters. The minimum atomic E-state index is -1.55. The van der Waals surface area contributed by atoms with Gasteiger partial charge in [-0.3, -0.25) is 8.37 Å². The van der Waals surface area contributed by atoms with Gasteiger partial charge in [0.2, 0.25) is 0 Å². The van der Waals surface area contributed by atoms with Gasteiger partial charge in [-0.15, -0.1) is 0 Å². The quantitative estimate of drug-likeness (QED) is 0.0761. The molecule has 0 saturated carbocycles. The van der Waals surface area contributed by atoms with Crippen molar-refractivity contribution < 1.29 is 12.6 Å². The number of hydrogen-bond donors (Lipinski definition) is 0. The Hall–Kier alpha value is 2.07. The molecule has 0 amide bonds. The molecule has 0 aliphatic heterocycles. The van der Waals surface area contributed by atoms with Crippen molar-refractivity contribution >= 4 is 70.5 Å². The van der Waals surface area contributed by atoms with E-state index in [9.17, 15) is 4.21 Å². The number of hydrogen-bond acceptors (Lipinski definition) is 3. The van der Waals surface area contributed by atoms with Gasteiger partial charge in [0.1, 0.15) is 0 Å². The average Bonchev–Trinajstić information content (AvgIpc) is 2.80. The van der Waals surface area contributed by atoms with E-state index in [1.807, 2.05) is 0 Å². The van der Waals surface area contributed by atoms with Crippen molar-refractivity contribution in [3.8, 4) is 0 Å². The van der Waals surface area contributed by atoms with Gasteiger partial charge in [-0.05, 0) is 12.8 Å². The summed E-state index contributed by atoms with van der Waals surface area (Å²) in [6, 6.07) is 0. The summed E-state index contributed by atoms with van der Waals surface area (Å²) in [5.74, 6) is 0. The first-order valence-electron chi connectivity index (χ1n) is 14.5. The molecule has 0 heterocycles. The summed E-state index contributed by atoms with van der Waals surface area (Å²) in [4.78, 5) is 0. The van der Waals surface area contributed by atoms with Crippen molar-refractivity contribution in [2.45, 2.75) is 168 Å². The molecule has 198 valence electrons. The second kappa shape index (κ2) is 37.2. The molecule has 0 spiro atoms. The molecule has 0 fully saturated rings. The van der Waals surface area contributed by atoms with Gasteiger partial charge < -0.3 is 0 Å². The van der Waals surface area contributed by atoms with Crippen molar-refractivity contribution in [2.75, 3.05) is 13.2 Å². The van der Waals surface area contributed by atoms with Crippen LogP contribution in [0.5, 0.6) is 0 Å². The Morgan fingerprint density at radius 1 is 0.382 bits per heavy atom. The van der Waals surface area contributed by atoms with Crippen molar-refractivity contribution in [3.05, 3.63) is 0 Å². The molecular formula is C28H60Na2O3S. The second-order valence-electron chi connectivity index (χ2n) is 9.63. The molecule has 34 heavy (non-hydrogen) atoms. The maximum atomic E-state index is 11.7. The first-order valence-corrected chi connectivity index (χ1v) is 15.5. The van der Waals surface area contributed by atoms with Gasteiger partial charge in [-0.25, -0.2) is 0 Å². The summed E-state index contributed by atoms with van der Waals surface area (Å²) in [7, 11) is 0. The molecular weight excluding hydrogens is 462 g/mol. The standard InChI is InChI=1S/C28H58O3S.2Na.2H/c1-3-5-7-9-11-13-15-17-19-21-23-25-27-30-32(29)31-28-26-24-22-20-18-16-14-12-10-8-6-4-2;;;;/h3-28H2,1-2H3;;;;. The Morgan fingerprint density at radius 3 is 0.824 bits per heavy atom. The molecule has 0 aromatic heterocycles. The summed E-state index contributed by atoms with van der Waals surface area (Å²) in [6.45, 7) is 5.66. The van der Waals surface area contributed by atoms with Crippen molar-refractivity contribution in [1.82, 2.24) is 0 Å². The Balaban J connectivity index is -0.00000480. The summed E-state index contributed by atoms with van der Waals surface area (Å²) >= 11 is -1.55. The van der Waals surface area contributed by atoms with Crippen LogP contribution in [-0.2, 0) is 19.7 Å². The second-order valence-corrected chi connectivity index (χ2v) is 10.5. The third-order valence-electron chi connectivity index (χ3n) is 6.35. The zero-order chi connectivity index (χ0) is 23.4. The van der Waals surface area contributed by atoms with Crippen LogP contribution in [0, 0.1) is 0 Å². The van der Waals surface area contributed by atoms with Crippen LogP contribution in [0.25, 0.3) is 0 Å². The van der Waals surface area contributed by atoms with E-state index in [1.54, 1.807) is 0 Å². The van der Waals surface area contributed by atoms with E-state index >= 15 is 0 Å². The van der Waals surface area contributed by atoms with Crippen LogP contribution in [0.3, 0.4) is 0 Å². The van der Waals surface area contributed by atoms with Crippen molar-refractivity contribution in [2.24, 2.45) is 0 Å². The molecule has 0 bridgehead atoms. The topological polar surface area (TPSA) is 35.5 Å². The molecule has 3 nitrogen and oxygen atoms in total. The van der Waals surface area contributed by atoms with Crippen LogP contribution in [0.1, 0.15) is 168 Å². The van der Waals surface area contributed by atoms with E-state index in [0.717, 1.165) is 12.8 Å².